The van der Waals surface area contributed by atoms with Crippen LogP contribution in [0.1, 0.15) is 38.5 Å². The molecule has 0 spiro atoms. The predicted octanol–water partition coefficient (Wildman–Crippen LogP) is 2.09. The van der Waals surface area contributed by atoms with Crippen LogP contribution in [0, 0.1) is 5.92 Å². The van der Waals surface area contributed by atoms with E-state index in [1.54, 1.807) is 0 Å². The second kappa shape index (κ2) is 6.06. The number of rotatable bonds is 4. The third-order valence-corrected chi connectivity index (χ3v) is 3.06. The van der Waals surface area contributed by atoms with E-state index < -0.39 is 30.5 Å². The lowest BCUT2D eigenvalue weighted by Crippen LogP contribution is -2.47. The monoisotopic (exact) mass is 267 g/mol. The first-order valence-electron chi connectivity index (χ1n) is 5.88. The Labute approximate surface area is 103 Å². The van der Waals surface area contributed by atoms with Crippen LogP contribution in [0.2, 0.25) is 0 Å². The van der Waals surface area contributed by atoms with Crippen LogP contribution >= 0.6 is 0 Å². The van der Waals surface area contributed by atoms with E-state index in [1.807, 2.05) is 5.32 Å². The summed E-state index contributed by atoms with van der Waals surface area (Å²) < 4.78 is 36.0. The third kappa shape index (κ3) is 4.93. The van der Waals surface area contributed by atoms with E-state index in [1.165, 1.54) is 0 Å². The maximum absolute atomic E-state index is 12.0. The number of carbonyl (C=O) groups excluding carboxylic acids is 1. The first-order valence-corrected chi connectivity index (χ1v) is 5.88. The molecule has 1 rings (SSSR count). The zero-order valence-corrected chi connectivity index (χ0v) is 9.79. The molecule has 0 aromatic carbocycles. The fraction of sp³-hybridized carbons (Fsp3) is 0.818. The van der Waals surface area contributed by atoms with Gasteiger partial charge < -0.3 is 10.4 Å². The van der Waals surface area contributed by atoms with E-state index in [0.29, 0.717) is 12.8 Å². The normalized spacial score (nSPS) is 19.3. The Morgan fingerprint density at radius 2 is 1.78 bits per heavy atom. The highest BCUT2D eigenvalue weighted by Crippen LogP contribution is 2.27. The van der Waals surface area contributed by atoms with Crippen molar-refractivity contribution >= 4 is 11.9 Å². The van der Waals surface area contributed by atoms with E-state index in [2.05, 4.69) is 0 Å². The van der Waals surface area contributed by atoms with Crippen molar-refractivity contribution < 1.29 is 27.9 Å². The molecule has 1 saturated carbocycles. The predicted molar refractivity (Wildman–Crippen MR) is 56.8 cm³/mol. The van der Waals surface area contributed by atoms with Crippen LogP contribution < -0.4 is 5.32 Å². The Kier molecular flexibility index (Phi) is 4.98. The van der Waals surface area contributed by atoms with Gasteiger partial charge >= 0.3 is 12.1 Å². The molecule has 4 nitrogen and oxygen atoms in total. The lowest BCUT2D eigenvalue weighted by atomic mass is 9.84. The summed E-state index contributed by atoms with van der Waals surface area (Å²) in [4.78, 5) is 22.1. The molecule has 1 fully saturated rings. The second-order valence-electron chi connectivity index (χ2n) is 4.57. The van der Waals surface area contributed by atoms with Crippen LogP contribution in [0.15, 0.2) is 0 Å². The quantitative estimate of drug-likeness (QED) is 0.819. The van der Waals surface area contributed by atoms with Gasteiger partial charge in [0.05, 0.1) is 0 Å². The standard InChI is InChI=1S/C11H16F3NO3/c12-11(13,14)6-8(16)15-9(10(17)18)7-4-2-1-3-5-7/h7,9H,1-6H2,(H,15,16)(H,17,18). The molecule has 1 amide bonds. The molecule has 104 valence electrons. The molecule has 1 atom stereocenters. The van der Waals surface area contributed by atoms with Gasteiger partial charge in [0.15, 0.2) is 0 Å². The highest BCUT2D eigenvalue weighted by atomic mass is 19.4. The molecule has 0 heterocycles. The summed E-state index contributed by atoms with van der Waals surface area (Å²) in [7, 11) is 0. The minimum absolute atomic E-state index is 0.270. The van der Waals surface area contributed by atoms with Gasteiger partial charge in [0.1, 0.15) is 12.5 Å². The van der Waals surface area contributed by atoms with Crippen molar-refractivity contribution in [3.8, 4) is 0 Å². The largest absolute Gasteiger partial charge is 0.480 e. The van der Waals surface area contributed by atoms with Crippen LogP contribution in [0.5, 0.6) is 0 Å². The number of carboxylic acid groups (broad SMARTS) is 1. The zero-order chi connectivity index (χ0) is 13.8. The van der Waals surface area contributed by atoms with Gasteiger partial charge in [-0.2, -0.15) is 13.2 Å². The average Bonchev–Trinajstić information content (AvgIpc) is 2.24. The minimum Gasteiger partial charge on any atom is -0.480 e. The number of carboxylic acids is 1. The molecule has 0 bridgehead atoms. The molecule has 1 unspecified atom stereocenters. The molecular weight excluding hydrogens is 251 g/mol. The van der Waals surface area contributed by atoms with Crippen molar-refractivity contribution in [2.45, 2.75) is 50.7 Å². The average molecular weight is 267 g/mol. The van der Waals surface area contributed by atoms with E-state index in [4.69, 9.17) is 5.11 Å². The highest BCUT2D eigenvalue weighted by Gasteiger charge is 2.35. The van der Waals surface area contributed by atoms with Gasteiger partial charge in [-0.1, -0.05) is 19.3 Å². The van der Waals surface area contributed by atoms with Crippen molar-refractivity contribution in [3.05, 3.63) is 0 Å². The summed E-state index contributed by atoms with van der Waals surface area (Å²) in [6.07, 6.45) is -2.29. The lowest BCUT2D eigenvalue weighted by Gasteiger charge is -2.28. The Hall–Kier alpha value is -1.27. The minimum atomic E-state index is -4.61. The number of amides is 1. The first kappa shape index (κ1) is 14.8. The summed E-state index contributed by atoms with van der Waals surface area (Å²) in [6.45, 7) is 0. The lowest BCUT2D eigenvalue weighted by molar-refractivity contribution is -0.157. The van der Waals surface area contributed by atoms with Gasteiger partial charge in [-0.25, -0.2) is 4.79 Å². The number of alkyl halides is 3. The second-order valence-corrected chi connectivity index (χ2v) is 4.57. The molecule has 7 heteroatoms. The third-order valence-electron chi connectivity index (χ3n) is 3.06. The Morgan fingerprint density at radius 1 is 1.22 bits per heavy atom. The summed E-state index contributed by atoms with van der Waals surface area (Å²) in [6, 6.07) is -1.21. The maximum atomic E-state index is 12.0. The number of nitrogens with one attached hydrogen (secondary N) is 1. The first-order chi connectivity index (χ1) is 8.29. The van der Waals surface area contributed by atoms with E-state index >= 15 is 0 Å². The van der Waals surface area contributed by atoms with Crippen LogP contribution in [0.3, 0.4) is 0 Å². The molecular formula is C11H16F3NO3. The number of hydrogen-bond acceptors (Lipinski definition) is 2. The fourth-order valence-electron chi connectivity index (χ4n) is 2.26. The highest BCUT2D eigenvalue weighted by molar-refractivity contribution is 5.84. The van der Waals surface area contributed by atoms with E-state index in [-0.39, 0.29) is 5.92 Å². The van der Waals surface area contributed by atoms with Gasteiger partial charge in [-0.05, 0) is 18.8 Å². The van der Waals surface area contributed by atoms with Gasteiger partial charge in [-0.15, -0.1) is 0 Å². The SMILES string of the molecule is O=C(CC(F)(F)F)NC(C(=O)O)C1CCCCC1. The number of carbonyl (C=O) groups is 2. The van der Waals surface area contributed by atoms with Gasteiger partial charge in [0.2, 0.25) is 5.91 Å². The summed E-state index contributed by atoms with van der Waals surface area (Å²) in [5.41, 5.74) is 0. The molecule has 0 aromatic heterocycles. The van der Waals surface area contributed by atoms with Crippen molar-refractivity contribution in [3.63, 3.8) is 0 Å². The molecule has 0 saturated heterocycles. The molecule has 18 heavy (non-hydrogen) atoms. The van der Waals surface area contributed by atoms with Crippen molar-refractivity contribution in [2.24, 2.45) is 5.92 Å². The zero-order valence-electron chi connectivity index (χ0n) is 9.79. The Morgan fingerprint density at radius 3 is 2.22 bits per heavy atom. The molecule has 1 aliphatic carbocycles. The molecule has 0 aliphatic heterocycles. The van der Waals surface area contributed by atoms with Crippen molar-refractivity contribution in [1.82, 2.24) is 5.32 Å². The summed E-state index contributed by atoms with van der Waals surface area (Å²) in [5.74, 6) is -2.81. The fourth-order valence-corrected chi connectivity index (χ4v) is 2.26. The van der Waals surface area contributed by atoms with Crippen LogP contribution in [0.4, 0.5) is 13.2 Å². The van der Waals surface area contributed by atoms with Gasteiger partial charge in [-0.3, -0.25) is 4.79 Å². The Balaban J connectivity index is 2.57. The topological polar surface area (TPSA) is 66.4 Å². The Bertz CT molecular complexity index is 311. The summed E-state index contributed by atoms with van der Waals surface area (Å²) in [5, 5.41) is 11.0. The van der Waals surface area contributed by atoms with E-state index in [9.17, 15) is 22.8 Å². The molecule has 1 aliphatic rings. The van der Waals surface area contributed by atoms with Crippen molar-refractivity contribution in [1.29, 1.82) is 0 Å². The van der Waals surface area contributed by atoms with Crippen molar-refractivity contribution in [2.75, 3.05) is 0 Å². The van der Waals surface area contributed by atoms with Crippen LogP contribution in [0.25, 0.3) is 0 Å². The van der Waals surface area contributed by atoms with Gasteiger partial charge in [0.25, 0.3) is 0 Å². The number of aliphatic carboxylic acids is 1. The molecule has 2 N–H and O–H groups in total. The molecule has 0 radical (unpaired) electrons. The number of hydrogen-bond donors (Lipinski definition) is 2. The van der Waals surface area contributed by atoms with Crippen LogP contribution in [-0.2, 0) is 9.59 Å². The van der Waals surface area contributed by atoms with Gasteiger partial charge in [0, 0.05) is 0 Å². The van der Waals surface area contributed by atoms with Crippen LogP contribution in [-0.4, -0.2) is 29.2 Å². The number of halogens is 3. The smallest absolute Gasteiger partial charge is 0.397 e. The summed E-state index contributed by atoms with van der Waals surface area (Å²) >= 11 is 0. The molecule has 0 aromatic rings. The van der Waals surface area contributed by atoms with E-state index in [0.717, 1.165) is 19.3 Å². The maximum Gasteiger partial charge on any atom is 0.397 e.